The van der Waals surface area contributed by atoms with E-state index in [1.54, 1.807) is 0 Å². The first-order valence-corrected chi connectivity index (χ1v) is 17.3. The summed E-state index contributed by atoms with van der Waals surface area (Å²) in [7, 11) is -0.330. The summed E-state index contributed by atoms with van der Waals surface area (Å²) in [4.78, 5) is 10.4. The zero-order valence-electron chi connectivity index (χ0n) is 24.3. The Bertz CT molecular complexity index is 920. The van der Waals surface area contributed by atoms with Gasteiger partial charge in [-0.15, -0.1) is 0 Å². The van der Waals surface area contributed by atoms with E-state index in [9.17, 15) is 0 Å². The van der Waals surface area contributed by atoms with Crippen LogP contribution in [0.2, 0.25) is 0 Å². The zero-order chi connectivity index (χ0) is 26.2. The topological polar surface area (TPSA) is 25.8 Å². The lowest BCUT2D eigenvalue weighted by atomic mass is 10.0. The lowest BCUT2D eigenvalue weighted by Gasteiger charge is -2.43. The lowest BCUT2D eigenvalue weighted by Crippen LogP contribution is -2.29. The van der Waals surface area contributed by atoms with Gasteiger partial charge in [0.15, 0.2) is 0 Å². The van der Waals surface area contributed by atoms with Crippen LogP contribution in [0.5, 0.6) is 0 Å². The summed E-state index contributed by atoms with van der Waals surface area (Å²) in [6.07, 6.45) is 13.1. The zero-order valence-corrected chi connectivity index (χ0v) is 26.1. The second kappa shape index (κ2) is 10.7. The van der Waals surface area contributed by atoms with Crippen molar-refractivity contribution in [1.29, 1.82) is 0 Å². The number of hydrogen-bond donors (Lipinski definition) is 0. The van der Waals surface area contributed by atoms with Gasteiger partial charge in [0.05, 0.1) is 11.4 Å². The second-order valence-electron chi connectivity index (χ2n) is 13.9. The molecular formula is C32H50N2P2. The smallest absolute Gasteiger partial charge is 0.0889 e. The van der Waals surface area contributed by atoms with Gasteiger partial charge in [-0.05, 0) is 70.6 Å². The Morgan fingerprint density at radius 3 is 1.14 bits per heavy atom. The molecule has 2 aliphatic rings. The average Bonchev–Trinajstić information content (AvgIpc) is 2.97. The molecule has 0 aliphatic carbocycles. The molecule has 0 bridgehead atoms. The summed E-state index contributed by atoms with van der Waals surface area (Å²) >= 11 is 0. The number of hydrogen-bond acceptors (Lipinski definition) is 2. The fourth-order valence-corrected chi connectivity index (χ4v) is 14.7. The molecule has 0 amide bonds. The van der Waals surface area contributed by atoms with Gasteiger partial charge in [0.1, 0.15) is 0 Å². The van der Waals surface area contributed by atoms with Crippen LogP contribution in [-0.2, 0) is 12.3 Å². The molecule has 0 spiro atoms. The first-order chi connectivity index (χ1) is 16.8. The summed E-state index contributed by atoms with van der Waals surface area (Å²) in [5, 5.41) is 1.63. The van der Waals surface area contributed by atoms with E-state index in [0.29, 0.717) is 20.6 Å². The SMILES string of the molecule is CC1(C)CCCCC(C)(C)P1Cc1cccc(-c2cccc(CP3C(C)(C)CCCCC3(C)C)n2)n1. The summed E-state index contributed by atoms with van der Waals surface area (Å²) < 4.78 is 0. The molecule has 2 aromatic rings. The van der Waals surface area contributed by atoms with E-state index >= 15 is 0 Å². The lowest BCUT2D eigenvalue weighted by molar-refractivity contribution is 0.563. The van der Waals surface area contributed by atoms with Gasteiger partial charge in [-0.25, -0.2) is 0 Å². The summed E-state index contributed by atoms with van der Waals surface area (Å²) in [6, 6.07) is 13.3. The molecule has 198 valence electrons. The minimum atomic E-state index is -0.165. The van der Waals surface area contributed by atoms with Crippen LogP contribution in [0.3, 0.4) is 0 Å². The predicted molar refractivity (Wildman–Crippen MR) is 162 cm³/mol. The predicted octanol–water partition coefficient (Wildman–Crippen LogP) is 10.4. The van der Waals surface area contributed by atoms with E-state index in [0.717, 1.165) is 23.7 Å². The van der Waals surface area contributed by atoms with E-state index < -0.39 is 0 Å². The molecule has 2 aliphatic heterocycles. The van der Waals surface area contributed by atoms with Crippen molar-refractivity contribution < 1.29 is 0 Å². The van der Waals surface area contributed by atoms with E-state index in [2.05, 4.69) is 91.8 Å². The van der Waals surface area contributed by atoms with Crippen LogP contribution < -0.4 is 0 Å². The Morgan fingerprint density at radius 1 is 0.528 bits per heavy atom. The third-order valence-electron chi connectivity index (χ3n) is 9.09. The number of aromatic nitrogens is 2. The Morgan fingerprint density at radius 2 is 0.833 bits per heavy atom. The van der Waals surface area contributed by atoms with Crippen molar-refractivity contribution in [2.24, 2.45) is 0 Å². The third kappa shape index (κ3) is 6.41. The van der Waals surface area contributed by atoms with Gasteiger partial charge in [-0.1, -0.05) is 109 Å². The van der Waals surface area contributed by atoms with E-state index in [-0.39, 0.29) is 15.8 Å². The van der Waals surface area contributed by atoms with Gasteiger partial charge >= 0.3 is 0 Å². The summed E-state index contributed by atoms with van der Waals surface area (Å²) in [5.74, 6) is 0. The van der Waals surface area contributed by atoms with Gasteiger partial charge < -0.3 is 0 Å². The maximum absolute atomic E-state index is 5.22. The van der Waals surface area contributed by atoms with Crippen LogP contribution in [0.4, 0.5) is 0 Å². The van der Waals surface area contributed by atoms with Crippen molar-refractivity contribution in [1.82, 2.24) is 9.97 Å². The quantitative estimate of drug-likeness (QED) is 0.364. The van der Waals surface area contributed by atoms with Crippen LogP contribution >= 0.6 is 15.8 Å². The van der Waals surface area contributed by atoms with Gasteiger partial charge in [-0.3, -0.25) is 9.97 Å². The molecule has 2 saturated heterocycles. The van der Waals surface area contributed by atoms with Crippen LogP contribution in [0, 0.1) is 0 Å². The van der Waals surface area contributed by atoms with Crippen molar-refractivity contribution in [3.05, 3.63) is 47.8 Å². The highest BCUT2D eigenvalue weighted by Gasteiger charge is 2.42. The molecule has 0 aromatic carbocycles. The van der Waals surface area contributed by atoms with Crippen molar-refractivity contribution in [2.45, 2.75) is 140 Å². The van der Waals surface area contributed by atoms with Crippen LogP contribution in [0.15, 0.2) is 36.4 Å². The molecule has 0 unspecified atom stereocenters. The first kappa shape index (κ1) is 28.2. The molecule has 0 N–H and O–H groups in total. The summed E-state index contributed by atoms with van der Waals surface area (Å²) in [6.45, 7) is 20.1. The second-order valence-corrected chi connectivity index (χ2v) is 21.1. The van der Waals surface area contributed by atoms with Crippen LogP contribution in [0.1, 0.15) is 118 Å². The van der Waals surface area contributed by atoms with E-state index in [1.165, 1.54) is 62.8 Å². The average molecular weight is 525 g/mol. The molecule has 4 rings (SSSR count). The Labute approximate surface area is 224 Å². The van der Waals surface area contributed by atoms with Crippen molar-refractivity contribution in [2.75, 3.05) is 0 Å². The Balaban J connectivity index is 1.58. The van der Waals surface area contributed by atoms with Crippen LogP contribution in [-0.4, -0.2) is 30.6 Å². The van der Waals surface area contributed by atoms with Gasteiger partial charge in [0.25, 0.3) is 0 Å². The first-order valence-electron chi connectivity index (χ1n) is 14.3. The standard InChI is InChI=1S/C32H50N2P2/c1-29(2)19-9-10-20-30(3,4)35(29)23-25-15-13-17-27(33-25)28-18-14-16-26(34-28)24-36-31(5,6)21-11-12-22-32(36,7)8/h13-18H,9-12,19-24H2,1-8H3. The van der Waals surface area contributed by atoms with Gasteiger partial charge in [-0.2, -0.15) is 0 Å². The fraction of sp³-hybridized carbons (Fsp3) is 0.688. The molecule has 2 fully saturated rings. The largest absolute Gasteiger partial charge is 0.251 e. The molecule has 36 heavy (non-hydrogen) atoms. The molecule has 4 heterocycles. The Kier molecular flexibility index (Phi) is 8.40. The fourth-order valence-electron chi connectivity index (χ4n) is 7.01. The number of pyridine rings is 2. The van der Waals surface area contributed by atoms with Crippen LogP contribution in [0.25, 0.3) is 11.4 Å². The third-order valence-corrected chi connectivity index (χ3v) is 17.1. The van der Waals surface area contributed by atoms with E-state index in [4.69, 9.17) is 9.97 Å². The minimum absolute atomic E-state index is 0.165. The molecule has 4 heteroatoms. The van der Waals surface area contributed by atoms with E-state index in [1.807, 2.05) is 0 Å². The molecule has 2 aromatic heterocycles. The Hall–Kier alpha value is -0.840. The minimum Gasteiger partial charge on any atom is -0.251 e. The summed E-state index contributed by atoms with van der Waals surface area (Å²) in [5.41, 5.74) is 4.59. The number of nitrogens with zero attached hydrogens (tertiary/aromatic N) is 2. The highest BCUT2D eigenvalue weighted by Crippen LogP contribution is 2.67. The number of rotatable bonds is 5. The molecule has 0 atom stereocenters. The normalized spacial score (nSPS) is 24.1. The monoisotopic (exact) mass is 524 g/mol. The van der Waals surface area contributed by atoms with Gasteiger partial charge in [0, 0.05) is 23.7 Å². The molecule has 0 radical (unpaired) electrons. The van der Waals surface area contributed by atoms with Crippen molar-refractivity contribution in [3.63, 3.8) is 0 Å². The highest BCUT2D eigenvalue weighted by molar-refractivity contribution is 7.60. The van der Waals surface area contributed by atoms with Gasteiger partial charge in [0.2, 0.25) is 0 Å². The molecule has 2 nitrogen and oxygen atoms in total. The molecule has 0 saturated carbocycles. The highest BCUT2D eigenvalue weighted by atomic mass is 31.1. The maximum atomic E-state index is 5.22. The molecular weight excluding hydrogens is 474 g/mol. The maximum Gasteiger partial charge on any atom is 0.0889 e. The van der Waals surface area contributed by atoms with Crippen molar-refractivity contribution >= 4 is 15.8 Å². The van der Waals surface area contributed by atoms with Crippen molar-refractivity contribution in [3.8, 4) is 11.4 Å².